The lowest BCUT2D eigenvalue weighted by Crippen LogP contribution is -2.23. The van der Waals surface area contributed by atoms with Crippen molar-refractivity contribution in [3.63, 3.8) is 0 Å². The molecule has 1 aromatic heterocycles. The first-order valence-corrected chi connectivity index (χ1v) is 4.70. The highest BCUT2D eigenvalue weighted by atomic mass is 35.5. The lowest BCUT2D eigenvalue weighted by Gasteiger charge is -2.11. The molecule has 0 aliphatic rings. The van der Waals surface area contributed by atoms with Gasteiger partial charge in [0, 0.05) is 24.1 Å². The van der Waals surface area contributed by atoms with Crippen LogP contribution in [0.5, 0.6) is 5.88 Å². The van der Waals surface area contributed by atoms with Gasteiger partial charge < -0.3 is 10.5 Å². The fraction of sp³-hybridized carbons (Fsp3) is 0.444. The summed E-state index contributed by atoms with van der Waals surface area (Å²) in [5.41, 5.74) is 5.46. The summed E-state index contributed by atoms with van der Waals surface area (Å²) in [6.07, 6.45) is 1.69. The molecule has 1 atom stereocenters. The number of pyridine rings is 1. The summed E-state index contributed by atoms with van der Waals surface area (Å²) in [5.74, 6) is 1.33. The van der Waals surface area contributed by atoms with Crippen LogP contribution < -0.4 is 10.5 Å². The molecule has 1 rings (SSSR count). The van der Waals surface area contributed by atoms with Gasteiger partial charge in [0.2, 0.25) is 5.88 Å². The van der Waals surface area contributed by atoms with Crippen molar-refractivity contribution in [2.24, 2.45) is 11.7 Å². The van der Waals surface area contributed by atoms with Crippen LogP contribution in [0.15, 0.2) is 24.4 Å². The fourth-order valence-electron chi connectivity index (χ4n) is 0.811. The van der Waals surface area contributed by atoms with E-state index in [4.69, 9.17) is 22.1 Å². The van der Waals surface area contributed by atoms with Crippen LogP contribution in [0, 0.1) is 5.92 Å². The van der Waals surface area contributed by atoms with Crippen LogP contribution in [-0.4, -0.2) is 24.0 Å². The molecule has 1 heterocycles. The quantitative estimate of drug-likeness (QED) is 0.729. The SMILES string of the molecule is NCC(CCl)COc1ccccn1. The van der Waals surface area contributed by atoms with E-state index in [1.165, 1.54) is 0 Å². The predicted octanol–water partition coefficient (Wildman–Crippen LogP) is 1.27. The van der Waals surface area contributed by atoms with Gasteiger partial charge in [0.15, 0.2) is 0 Å². The summed E-state index contributed by atoms with van der Waals surface area (Å²) in [5, 5.41) is 0. The van der Waals surface area contributed by atoms with Crippen LogP contribution in [0.3, 0.4) is 0 Å². The minimum absolute atomic E-state index is 0.198. The van der Waals surface area contributed by atoms with Gasteiger partial charge in [-0.3, -0.25) is 0 Å². The normalized spacial score (nSPS) is 12.5. The van der Waals surface area contributed by atoms with Crippen molar-refractivity contribution >= 4 is 11.6 Å². The zero-order valence-corrected chi connectivity index (χ0v) is 8.07. The number of ether oxygens (including phenoxy) is 1. The predicted molar refractivity (Wildman–Crippen MR) is 53.0 cm³/mol. The molecule has 2 N–H and O–H groups in total. The van der Waals surface area contributed by atoms with Crippen LogP contribution in [-0.2, 0) is 0 Å². The van der Waals surface area contributed by atoms with Crippen molar-refractivity contribution in [2.75, 3.05) is 19.0 Å². The maximum atomic E-state index is 5.65. The maximum absolute atomic E-state index is 5.65. The number of hydrogen-bond acceptors (Lipinski definition) is 3. The second kappa shape index (κ2) is 5.78. The van der Waals surface area contributed by atoms with Gasteiger partial charge >= 0.3 is 0 Å². The Hall–Kier alpha value is -0.800. The third-order valence-corrected chi connectivity index (χ3v) is 2.09. The molecule has 0 aliphatic heterocycles. The summed E-state index contributed by atoms with van der Waals surface area (Å²) >= 11 is 5.65. The highest BCUT2D eigenvalue weighted by molar-refractivity contribution is 6.18. The number of rotatable bonds is 5. The summed E-state index contributed by atoms with van der Waals surface area (Å²) in [4.78, 5) is 4.01. The van der Waals surface area contributed by atoms with E-state index in [9.17, 15) is 0 Å². The van der Waals surface area contributed by atoms with Crippen molar-refractivity contribution < 1.29 is 4.74 Å². The van der Waals surface area contributed by atoms with Crippen LogP contribution in [0.1, 0.15) is 0 Å². The molecule has 0 saturated carbocycles. The van der Waals surface area contributed by atoms with Gasteiger partial charge in [0.05, 0.1) is 6.61 Å². The number of nitrogens with two attached hydrogens (primary N) is 1. The minimum Gasteiger partial charge on any atom is -0.477 e. The average molecular weight is 201 g/mol. The highest BCUT2D eigenvalue weighted by Crippen LogP contribution is 2.06. The molecule has 0 radical (unpaired) electrons. The number of alkyl halides is 1. The van der Waals surface area contributed by atoms with Crippen molar-refractivity contribution in [1.29, 1.82) is 0 Å². The molecule has 0 aromatic carbocycles. The zero-order chi connectivity index (χ0) is 9.52. The van der Waals surface area contributed by atoms with Crippen molar-refractivity contribution in [1.82, 2.24) is 4.98 Å². The van der Waals surface area contributed by atoms with Gasteiger partial charge in [-0.15, -0.1) is 11.6 Å². The Morgan fingerprint density at radius 3 is 2.92 bits per heavy atom. The highest BCUT2D eigenvalue weighted by Gasteiger charge is 2.05. The standard InChI is InChI=1S/C9H13ClN2O/c10-5-8(6-11)7-13-9-3-1-2-4-12-9/h1-4,8H,5-7,11H2. The molecule has 1 unspecified atom stereocenters. The number of aromatic nitrogens is 1. The molecule has 13 heavy (non-hydrogen) atoms. The largest absolute Gasteiger partial charge is 0.477 e. The van der Waals surface area contributed by atoms with E-state index in [1.807, 2.05) is 18.2 Å². The Morgan fingerprint density at radius 2 is 2.38 bits per heavy atom. The molecule has 0 spiro atoms. The molecule has 4 heteroatoms. The van der Waals surface area contributed by atoms with E-state index in [0.29, 0.717) is 24.9 Å². The Labute approximate surface area is 82.9 Å². The summed E-state index contributed by atoms with van der Waals surface area (Å²) in [6.45, 7) is 1.06. The molecule has 3 nitrogen and oxygen atoms in total. The third-order valence-electron chi connectivity index (χ3n) is 1.66. The number of hydrogen-bond donors (Lipinski definition) is 1. The third kappa shape index (κ3) is 3.61. The van der Waals surface area contributed by atoms with E-state index < -0.39 is 0 Å². The molecule has 0 amide bonds. The van der Waals surface area contributed by atoms with Crippen molar-refractivity contribution in [3.8, 4) is 5.88 Å². The van der Waals surface area contributed by atoms with Gasteiger partial charge in [0.25, 0.3) is 0 Å². The second-order valence-electron chi connectivity index (χ2n) is 2.74. The molecule has 0 bridgehead atoms. The average Bonchev–Trinajstić information content (AvgIpc) is 2.21. The summed E-state index contributed by atoms with van der Waals surface area (Å²) < 4.78 is 5.37. The molecule has 0 fully saturated rings. The van der Waals surface area contributed by atoms with E-state index in [-0.39, 0.29) is 5.92 Å². The van der Waals surface area contributed by atoms with Crippen LogP contribution in [0.25, 0.3) is 0 Å². The first kappa shape index (κ1) is 10.3. The van der Waals surface area contributed by atoms with E-state index in [1.54, 1.807) is 6.20 Å². The first-order valence-electron chi connectivity index (χ1n) is 4.16. The Bertz CT molecular complexity index is 226. The summed E-state index contributed by atoms with van der Waals surface area (Å²) in [7, 11) is 0. The van der Waals surface area contributed by atoms with Crippen LogP contribution >= 0.6 is 11.6 Å². The Morgan fingerprint density at radius 1 is 1.54 bits per heavy atom. The lowest BCUT2D eigenvalue weighted by atomic mass is 10.2. The van der Waals surface area contributed by atoms with Crippen LogP contribution in [0.2, 0.25) is 0 Å². The van der Waals surface area contributed by atoms with Gasteiger partial charge in [-0.2, -0.15) is 0 Å². The monoisotopic (exact) mass is 200 g/mol. The maximum Gasteiger partial charge on any atom is 0.213 e. The van der Waals surface area contributed by atoms with E-state index in [2.05, 4.69) is 4.98 Å². The first-order chi connectivity index (χ1) is 6.36. The minimum atomic E-state index is 0.198. The molecule has 0 saturated heterocycles. The van der Waals surface area contributed by atoms with E-state index in [0.717, 1.165) is 0 Å². The van der Waals surface area contributed by atoms with Gasteiger partial charge in [-0.1, -0.05) is 6.07 Å². The molecular weight excluding hydrogens is 188 g/mol. The van der Waals surface area contributed by atoms with Crippen molar-refractivity contribution in [3.05, 3.63) is 24.4 Å². The number of halogens is 1. The molecule has 0 aliphatic carbocycles. The van der Waals surface area contributed by atoms with Gasteiger partial charge in [-0.05, 0) is 12.6 Å². The molecular formula is C9H13ClN2O. The molecule has 1 aromatic rings. The van der Waals surface area contributed by atoms with Crippen molar-refractivity contribution in [2.45, 2.75) is 0 Å². The smallest absolute Gasteiger partial charge is 0.213 e. The molecule has 72 valence electrons. The van der Waals surface area contributed by atoms with Gasteiger partial charge in [0.1, 0.15) is 0 Å². The Kier molecular flexibility index (Phi) is 4.57. The number of nitrogens with zero attached hydrogens (tertiary/aromatic N) is 1. The summed E-state index contributed by atoms with van der Waals surface area (Å²) in [6, 6.07) is 5.52. The fourth-order valence-corrected chi connectivity index (χ4v) is 1.03. The van der Waals surface area contributed by atoms with Crippen LogP contribution in [0.4, 0.5) is 0 Å². The topological polar surface area (TPSA) is 48.1 Å². The second-order valence-corrected chi connectivity index (χ2v) is 3.04. The van der Waals surface area contributed by atoms with Gasteiger partial charge in [-0.25, -0.2) is 4.98 Å². The lowest BCUT2D eigenvalue weighted by molar-refractivity contribution is 0.256. The zero-order valence-electron chi connectivity index (χ0n) is 7.32. The Balaban J connectivity index is 2.34. The van der Waals surface area contributed by atoms with E-state index >= 15 is 0 Å².